The van der Waals surface area contributed by atoms with Crippen molar-refractivity contribution >= 4 is 54.7 Å². The maximum Gasteiger partial charge on any atom is 0 e. The second-order valence-corrected chi connectivity index (χ2v) is 0.848. The van der Waals surface area contributed by atoms with E-state index < -0.39 is 9.17 Å². The Labute approximate surface area is 99.2 Å². The third-order valence-corrected chi connectivity index (χ3v) is 0. The molecule has 6 heavy (non-hydrogen) atoms. The van der Waals surface area contributed by atoms with Crippen LogP contribution in [0.3, 0.4) is 0 Å². The van der Waals surface area contributed by atoms with Crippen LogP contribution >= 0.6 is 0 Å². The van der Waals surface area contributed by atoms with Gasteiger partial charge in [-0.25, -0.2) is 0 Å². The topological polar surface area (TPSA) is 57.5 Å². The number of hydrogen-bond donors (Lipinski definition) is 2. The van der Waals surface area contributed by atoms with Gasteiger partial charge in [0.25, 0.3) is 0 Å². The van der Waals surface area contributed by atoms with E-state index >= 15 is 0 Å². The quantitative estimate of drug-likeness (QED) is 0.470. The molecule has 0 aliphatic heterocycles. The Morgan fingerprint density at radius 1 is 1.33 bits per heavy atom. The maximum absolute atomic E-state index is 8.74. The molecule has 0 aliphatic rings. The van der Waals surface area contributed by atoms with Crippen LogP contribution in [0.5, 0.6) is 0 Å². The predicted molar refractivity (Wildman–Crippen MR) is 19.4 cm³/mol. The summed E-state index contributed by atoms with van der Waals surface area (Å²) in [6.07, 6.45) is 0. The molecular weight excluding hydrogens is 253 g/mol. The van der Waals surface area contributed by atoms with Crippen molar-refractivity contribution in [3.63, 3.8) is 0 Å². The van der Waals surface area contributed by atoms with Crippen LogP contribution in [0.25, 0.3) is 0 Å². The van der Waals surface area contributed by atoms with E-state index in [2.05, 4.69) is 0 Å². The average Bonchev–Trinajstić information content (AvgIpc) is 0.811. The smallest absolute Gasteiger partial charge is 0 e. The Balaban J connectivity index is -0.0000000450. The average molecular weight is 257 g/mol. The molecule has 6 heteroatoms. The third-order valence-electron chi connectivity index (χ3n) is 0. The zero-order valence-electron chi connectivity index (χ0n) is 2.38. The number of hydrogen-bond acceptors (Lipinski definition) is 1. The van der Waals surface area contributed by atoms with E-state index in [-0.39, 0.29) is 78.2 Å². The van der Waals surface area contributed by atoms with Gasteiger partial charge in [0, 0.05) is 32.7 Å². The normalized spacial score (nSPS) is 4.00. The van der Waals surface area contributed by atoms with Crippen LogP contribution in [0.2, 0.25) is 0 Å². The van der Waals surface area contributed by atoms with Crippen molar-refractivity contribution in [1.82, 2.24) is 0 Å². The zero-order valence-corrected chi connectivity index (χ0v) is 6.22. The molecule has 0 aromatic rings. The molecule has 0 heterocycles. The first-order valence-electron chi connectivity index (χ1n) is 0.651. The van der Waals surface area contributed by atoms with Gasteiger partial charge in [0.2, 0.25) is 0 Å². The van der Waals surface area contributed by atoms with Crippen molar-refractivity contribution in [2.45, 2.75) is 0 Å². The molecule has 0 aromatic carbocycles. The van der Waals surface area contributed by atoms with Crippen LogP contribution in [0, 0.1) is 0 Å². The van der Waals surface area contributed by atoms with E-state index in [9.17, 15) is 0 Å². The molecule has 0 fully saturated rings. The van der Waals surface area contributed by atoms with E-state index in [0.29, 0.717) is 0 Å². The van der Waals surface area contributed by atoms with Crippen molar-refractivity contribution < 1.29 is 46.8 Å². The zero-order chi connectivity index (χ0) is 3.58. The Morgan fingerprint density at radius 3 is 1.33 bits per heavy atom. The molecule has 0 aliphatic carbocycles. The summed E-state index contributed by atoms with van der Waals surface area (Å²) in [7, 11) is -3.13. The molecule has 0 saturated carbocycles. The Kier molecular flexibility index (Phi) is 26.8. The summed E-state index contributed by atoms with van der Waals surface area (Å²) in [5.74, 6) is 0. The van der Waals surface area contributed by atoms with Crippen molar-refractivity contribution in [1.29, 1.82) is 0 Å². The first kappa shape index (κ1) is 15.7. The fraction of sp³-hybridized carbons (Fsp3) is 0. The summed E-state index contributed by atoms with van der Waals surface area (Å²) < 4.78 is 8.74. The van der Waals surface area contributed by atoms with E-state index in [1.165, 1.54) is 0 Å². The Hall–Kier alpha value is 2.20. The maximum atomic E-state index is 8.74. The van der Waals surface area contributed by atoms with Crippen molar-refractivity contribution in [3.8, 4) is 0 Å². The van der Waals surface area contributed by atoms with Crippen molar-refractivity contribution in [2.75, 3.05) is 0 Å². The SMILES string of the molecule is O=[Si](O)O.[SrH2].[Y]. The van der Waals surface area contributed by atoms with Gasteiger partial charge in [-0.3, -0.25) is 4.46 Å². The molecule has 0 rings (SSSR count). The van der Waals surface area contributed by atoms with Gasteiger partial charge in [-0.05, 0) is 0 Å². The molecular formula is H4O3SiSrY. The monoisotopic (exact) mass is 257 g/mol. The molecule has 0 atom stereocenters. The third kappa shape index (κ3) is 34.6. The van der Waals surface area contributed by atoms with Crippen LogP contribution in [0.15, 0.2) is 0 Å². The first-order chi connectivity index (χ1) is 1.73. The Bertz CT molecular complexity index is 33.8. The largest absolute Gasteiger partial charge is 0 e. The molecule has 0 unspecified atom stereocenters. The van der Waals surface area contributed by atoms with E-state index in [1.807, 2.05) is 0 Å². The molecule has 1 radical (unpaired) electrons. The minimum atomic E-state index is -3.13. The van der Waals surface area contributed by atoms with Gasteiger partial charge < -0.3 is 9.59 Å². The second kappa shape index (κ2) is 10.2. The van der Waals surface area contributed by atoms with Crippen LogP contribution in [-0.4, -0.2) is 64.2 Å². The second-order valence-electron chi connectivity index (χ2n) is 0.283. The molecule has 0 amide bonds. The summed E-state index contributed by atoms with van der Waals surface area (Å²) in [5.41, 5.74) is 0. The van der Waals surface area contributed by atoms with Gasteiger partial charge in [0.15, 0.2) is 0 Å². The fourth-order valence-electron chi connectivity index (χ4n) is 0. The van der Waals surface area contributed by atoms with E-state index in [1.54, 1.807) is 0 Å². The van der Waals surface area contributed by atoms with Gasteiger partial charge in [-0.2, -0.15) is 0 Å². The fourth-order valence-corrected chi connectivity index (χ4v) is 0. The molecule has 3 nitrogen and oxygen atoms in total. The number of rotatable bonds is 0. The molecule has 31 valence electrons. The minimum absolute atomic E-state index is 0. The van der Waals surface area contributed by atoms with Gasteiger partial charge in [0.1, 0.15) is 0 Å². The van der Waals surface area contributed by atoms with Gasteiger partial charge in [0.05, 0.1) is 0 Å². The van der Waals surface area contributed by atoms with Crippen LogP contribution in [0.4, 0.5) is 0 Å². The predicted octanol–water partition coefficient (Wildman–Crippen LogP) is -2.53. The summed E-state index contributed by atoms with van der Waals surface area (Å²) in [5, 5.41) is 0. The van der Waals surface area contributed by atoms with E-state index in [4.69, 9.17) is 14.1 Å². The van der Waals surface area contributed by atoms with Crippen LogP contribution in [0.1, 0.15) is 0 Å². The Morgan fingerprint density at radius 2 is 1.33 bits per heavy atom. The first-order valence-corrected chi connectivity index (χ1v) is 1.95. The molecule has 0 saturated heterocycles. The van der Waals surface area contributed by atoms with Crippen LogP contribution in [-0.2, 0) is 37.2 Å². The summed E-state index contributed by atoms with van der Waals surface area (Å²) in [4.78, 5) is 14.3. The molecule has 0 bridgehead atoms. The van der Waals surface area contributed by atoms with Gasteiger partial charge in [-0.1, -0.05) is 0 Å². The molecule has 0 aromatic heterocycles. The van der Waals surface area contributed by atoms with E-state index in [0.717, 1.165) is 0 Å². The minimum Gasteiger partial charge on any atom is 0 e. The molecule has 2 N–H and O–H groups in total. The van der Waals surface area contributed by atoms with Crippen LogP contribution < -0.4 is 0 Å². The summed E-state index contributed by atoms with van der Waals surface area (Å²) in [6.45, 7) is 0. The van der Waals surface area contributed by atoms with Crippen molar-refractivity contribution in [3.05, 3.63) is 0 Å². The van der Waals surface area contributed by atoms with Crippen molar-refractivity contribution in [2.24, 2.45) is 0 Å². The van der Waals surface area contributed by atoms with Gasteiger partial charge >= 0.3 is 54.7 Å². The molecule has 0 spiro atoms. The standard InChI is InChI=1S/H2O3Si.Sr.Y.2H/c1-4(2)3;;;;/h1-2H;;;;. The summed E-state index contributed by atoms with van der Waals surface area (Å²) in [6, 6.07) is 0. The summed E-state index contributed by atoms with van der Waals surface area (Å²) >= 11 is 0. The van der Waals surface area contributed by atoms with Gasteiger partial charge in [-0.15, -0.1) is 0 Å².